The molecule has 4 fully saturated rings. The number of amides is 1. The van der Waals surface area contributed by atoms with Gasteiger partial charge in [-0.25, -0.2) is 9.18 Å². The number of rotatable bonds is 3. The van der Waals surface area contributed by atoms with Gasteiger partial charge in [-0.15, -0.1) is 0 Å². The highest BCUT2D eigenvalue weighted by atomic mass is 19.1. The second kappa shape index (κ2) is 7.59. The highest BCUT2D eigenvalue weighted by Crippen LogP contribution is 2.72. The Morgan fingerprint density at radius 1 is 1.35 bits per heavy atom. The molecule has 0 spiro atoms. The van der Waals surface area contributed by atoms with Gasteiger partial charge >= 0.3 is 6.09 Å². The van der Waals surface area contributed by atoms with Crippen LogP contribution in [-0.2, 0) is 14.3 Å². The molecule has 4 aliphatic carbocycles. The van der Waals surface area contributed by atoms with Gasteiger partial charge in [0.15, 0.2) is 11.6 Å². The largest absolute Gasteiger partial charge is 0.419 e. The molecular formula is C26H32FNO6. The van der Waals surface area contributed by atoms with Gasteiger partial charge in [0.05, 0.1) is 17.8 Å². The molecule has 5 rings (SSSR count). The molecule has 0 bridgehead atoms. The summed E-state index contributed by atoms with van der Waals surface area (Å²) in [7, 11) is 0. The molecule has 7 nitrogen and oxygen atoms in total. The summed E-state index contributed by atoms with van der Waals surface area (Å²) in [5.74, 6) is -1.36. The van der Waals surface area contributed by atoms with Gasteiger partial charge in [-0.1, -0.05) is 26.5 Å². The lowest BCUT2D eigenvalue weighted by molar-refractivity contribution is -0.161. The Hall–Kier alpha value is -2.32. The van der Waals surface area contributed by atoms with E-state index in [9.17, 15) is 24.6 Å². The van der Waals surface area contributed by atoms with Crippen molar-refractivity contribution in [2.24, 2.45) is 39.9 Å². The van der Waals surface area contributed by atoms with Crippen molar-refractivity contribution in [3.05, 3.63) is 36.6 Å². The SMILES string of the molecule is C=COC(=O)N1CC2CC3C4CC(F)C5=CC(=O)C=CC5(C)C4C(O)CC3(C)C2(C(=O)CO)C1. The van der Waals surface area contributed by atoms with Gasteiger partial charge in [0.1, 0.15) is 12.8 Å². The molecule has 0 aromatic heterocycles. The molecule has 0 aromatic carbocycles. The Bertz CT molecular complexity index is 1020. The minimum atomic E-state index is -1.31. The number of aliphatic hydroxyl groups is 2. The van der Waals surface area contributed by atoms with Crippen LogP contribution in [0.5, 0.6) is 0 Å². The van der Waals surface area contributed by atoms with E-state index in [0.29, 0.717) is 25.0 Å². The van der Waals surface area contributed by atoms with Crippen molar-refractivity contribution in [2.75, 3.05) is 19.7 Å². The van der Waals surface area contributed by atoms with Gasteiger partial charge in [0, 0.05) is 24.4 Å². The number of allylic oxidation sites excluding steroid dienone is 4. The summed E-state index contributed by atoms with van der Waals surface area (Å²) in [4.78, 5) is 39.3. The number of carbonyl (C=O) groups excluding carboxylic acids is 3. The van der Waals surface area contributed by atoms with Gasteiger partial charge in [0.2, 0.25) is 0 Å². The monoisotopic (exact) mass is 473 g/mol. The number of hydrogen-bond acceptors (Lipinski definition) is 6. The van der Waals surface area contributed by atoms with Crippen LogP contribution in [0.25, 0.3) is 0 Å². The topological polar surface area (TPSA) is 104 Å². The first-order valence-electron chi connectivity index (χ1n) is 12.0. The van der Waals surface area contributed by atoms with Crippen LogP contribution in [0, 0.1) is 39.9 Å². The molecule has 0 aromatic rings. The third-order valence-electron chi connectivity index (χ3n) is 10.1. The van der Waals surface area contributed by atoms with Crippen LogP contribution in [0.15, 0.2) is 36.6 Å². The minimum Gasteiger partial charge on any atom is -0.419 e. The predicted molar refractivity (Wildman–Crippen MR) is 120 cm³/mol. The molecule has 9 atom stereocenters. The number of fused-ring (bicyclic) bond motifs is 7. The van der Waals surface area contributed by atoms with E-state index in [0.717, 1.165) is 6.26 Å². The summed E-state index contributed by atoms with van der Waals surface area (Å²) in [5, 5.41) is 21.5. The summed E-state index contributed by atoms with van der Waals surface area (Å²) < 4.78 is 20.5. The molecule has 0 radical (unpaired) electrons. The van der Waals surface area contributed by atoms with Crippen LogP contribution in [-0.4, -0.2) is 64.7 Å². The van der Waals surface area contributed by atoms with Crippen LogP contribution in [0.3, 0.4) is 0 Å². The van der Waals surface area contributed by atoms with E-state index < -0.39 is 41.2 Å². The van der Waals surface area contributed by atoms with Gasteiger partial charge in [0.25, 0.3) is 0 Å². The Balaban J connectivity index is 1.57. The van der Waals surface area contributed by atoms with Crippen molar-refractivity contribution >= 4 is 17.7 Å². The fraction of sp³-hybridized carbons (Fsp3) is 0.654. The maximum Gasteiger partial charge on any atom is 0.414 e. The van der Waals surface area contributed by atoms with Crippen LogP contribution in [0.1, 0.15) is 33.1 Å². The van der Waals surface area contributed by atoms with E-state index in [-0.39, 0.29) is 48.2 Å². The highest BCUT2D eigenvalue weighted by Gasteiger charge is 2.74. The lowest BCUT2D eigenvalue weighted by Gasteiger charge is -2.60. The zero-order chi connectivity index (χ0) is 24.6. The number of hydrogen-bond donors (Lipinski definition) is 2. The number of halogens is 1. The first-order chi connectivity index (χ1) is 16.0. The Kier molecular flexibility index (Phi) is 5.23. The molecule has 1 amide bonds. The quantitative estimate of drug-likeness (QED) is 0.611. The van der Waals surface area contributed by atoms with E-state index in [1.807, 2.05) is 13.8 Å². The normalized spacial score (nSPS) is 46.7. The number of Topliss-reactive ketones (excluding diaryl/α,β-unsaturated/α-hetero) is 1. The van der Waals surface area contributed by atoms with Crippen LogP contribution in [0.4, 0.5) is 9.18 Å². The number of ketones is 2. The summed E-state index contributed by atoms with van der Waals surface area (Å²) >= 11 is 0. The first-order valence-corrected chi connectivity index (χ1v) is 12.0. The second-order valence-electron chi connectivity index (χ2n) is 11.2. The summed E-state index contributed by atoms with van der Waals surface area (Å²) in [5.41, 5.74) is -2.11. The number of aliphatic hydroxyl groups excluding tert-OH is 2. The standard InChI is InChI=1S/C26H32FNO6/c1-4-34-23(33)28-11-14-7-17-16-9-19(27)18-8-15(30)5-6-24(18,2)22(16)20(31)10-25(17,3)26(14,13-28)21(32)12-29/h4-6,8,14,16-17,19-20,22,29,31H,1,7,9-13H2,2-3H3. The Labute approximate surface area is 198 Å². The zero-order valence-corrected chi connectivity index (χ0v) is 19.6. The number of ether oxygens (including phenoxy) is 1. The number of nitrogens with zero attached hydrogens (tertiary/aromatic N) is 1. The lowest BCUT2D eigenvalue weighted by atomic mass is 9.44. The fourth-order valence-electron chi connectivity index (χ4n) is 8.84. The molecule has 1 aliphatic heterocycles. The van der Waals surface area contributed by atoms with Gasteiger partial charge in [-0.3, -0.25) is 9.59 Å². The third kappa shape index (κ3) is 2.78. The van der Waals surface area contributed by atoms with E-state index in [4.69, 9.17) is 4.74 Å². The predicted octanol–water partition coefficient (Wildman–Crippen LogP) is 2.58. The van der Waals surface area contributed by atoms with E-state index in [2.05, 4.69) is 6.58 Å². The van der Waals surface area contributed by atoms with Gasteiger partial charge in [-0.2, -0.15) is 0 Å². The van der Waals surface area contributed by atoms with Crippen molar-refractivity contribution in [1.29, 1.82) is 0 Å². The smallest absolute Gasteiger partial charge is 0.414 e. The van der Waals surface area contributed by atoms with Crippen molar-refractivity contribution in [1.82, 2.24) is 4.90 Å². The third-order valence-corrected chi connectivity index (χ3v) is 10.1. The molecule has 3 saturated carbocycles. The molecule has 5 aliphatic rings. The Morgan fingerprint density at radius 2 is 2.09 bits per heavy atom. The summed E-state index contributed by atoms with van der Waals surface area (Å²) in [6, 6.07) is 0. The molecular weight excluding hydrogens is 441 g/mol. The first kappa shape index (κ1) is 23.4. The Morgan fingerprint density at radius 3 is 2.76 bits per heavy atom. The van der Waals surface area contributed by atoms with Crippen LogP contribution < -0.4 is 0 Å². The maximum atomic E-state index is 15.6. The van der Waals surface area contributed by atoms with Crippen molar-refractivity contribution in [3.8, 4) is 0 Å². The highest BCUT2D eigenvalue weighted by molar-refractivity contribution is 6.01. The molecule has 184 valence electrons. The fourth-order valence-corrected chi connectivity index (χ4v) is 8.84. The molecule has 8 heteroatoms. The van der Waals surface area contributed by atoms with E-state index in [1.54, 1.807) is 6.08 Å². The molecule has 34 heavy (non-hydrogen) atoms. The second-order valence-corrected chi connectivity index (χ2v) is 11.2. The van der Waals surface area contributed by atoms with E-state index >= 15 is 4.39 Å². The van der Waals surface area contributed by atoms with Crippen molar-refractivity contribution in [3.63, 3.8) is 0 Å². The minimum absolute atomic E-state index is 0.0679. The van der Waals surface area contributed by atoms with Gasteiger partial charge in [-0.05, 0) is 60.2 Å². The summed E-state index contributed by atoms with van der Waals surface area (Å²) in [6.07, 6.45) is 3.98. The maximum absolute atomic E-state index is 15.6. The van der Waals surface area contributed by atoms with Crippen LogP contribution >= 0.6 is 0 Å². The number of alkyl halides is 1. The average molecular weight is 474 g/mol. The number of likely N-dealkylation sites (tertiary alicyclic amines) is 1. The number of carbonyl (C=O) groups is 3. The molecule has 2 N–H and O–H groups in total. The molecule has 1 heterocycles. The van der Waals surface area contributed by atoms with Crippen LogP contribution in [0.2, 0.25) is 0 Å². The summed E-state index contributed by atoms with van der Waals surface area (Å²) in [6.45, 7) is 7.02. The molecule has 9 unspecified atom stereocenters. The molecule has 1 saturated heterocycles. The van der Waals surface area contributed by atoms with E-state index in [1.165, 1.54) is 17.1 Å². The van der Waals surface area contributed by atoms with Gasteiger partial charge < -0.3 is 19.8 Å². The zero-order valence-electron chi connectivity index (χ0n) is 19.6. The van der Waals surface area contributed by atoms with Crippen molar-refractivity contribution < 1.29 is 33.7 Å². The van der Waals surface area contributed by atoms with Crippen molar-refractivity contribution in [2.45, 2.75) is 45.4 Å². The lowest BCUT2D eigenvalue weighted by Crippen LogP contribution is -2.61. The average Bonchev–Trinajstić information content (AvgIpc) is 3.28.